The van der Waals surface area contributed by atoms with Gasteiger partial charge < -0.3 is 23.5 Å². The molecule has 0 spiro atoms. The number of aromatic nitrogens is 4. The van der Waals surface area contributed by atoms with Gasteiger partial charge in [-0.25, -0.2) is 4.98 Å². The molecule has 200 valence electrons. The molecule has 3 aromatic carbocycles. The van der Waals surface area contributed by atoms with Gasteiger partial charge in [-0.1, -0.05) is 47.3 Å². The number of hydrogen-bond acceptors (Lipinski definition) is 10. The minimum atomic E-state index is -0.141. The first-order valence-corrected chi connectivity index (χ1v) is 12.9. The van der Waals surface area contributed by atoms with E-state index in [1.54, 1.807) is 44.1 Å². The molecule has 0 aliphatic rings. The number of hydrogen-bond donors (Lipinski definition) is 0. The molecule has 2 aromatic heterocycles. The van der Waals surface area contributed by atoms with E-state index in [1.807, 2.05) is 42.5 Å². The van der Waals surface area contributed by atoms with Crippen molar-refractivity contribution in [3.05, 3.63) is 82.5 Å². The third kappa shape index (κ3) is 5.26. The maximum absolute atomic E-state index is 13.5. The minimum Gasteiger partial charge on any atom is -0.496 e. The van der Waals surface area contributed by atoms with Crippen LogP contribution >= 0.6 is 11.8 Å². The van der Waals surface area contributed by atoms with Crippen LogP contribution in [-0.4, -0.2) is 48.1 Å². The molecule has 0 saturated carbocycles. The van der Waals surface area contributed by atoms with Crippen LogP contribution in [0.5, 0.6) is 23.0 Å². The molecule has 0 aliphatic heterocycles. The van der Waals surface area contributed by atoms with Crippen LogP contribution in [0.25, 0.3) is 22.3 Å². The number of nitrogens with zero attached hydrogens (tertiary/aromatic N) is 4. The summed E-state index contributed by atoms with van der Waals surface area (Å²) in [6.07, 6.45) is 0. The van der Waals surface area contributed by atoms with Crippen LogP contribution in [0.4, 0.5) is 0 Å². The fraction of sp³-hybridized carbons (Fsp3) is 0.214. The van der Waals surface area contributed by atoms with E-state index in [1.165, 1.54) is 18.9 Å². The first-order chi connectivity index (χ1) is 19.1. The highest BCUT2D eigenvalue weighted by molar-refractivity contribution is 7.98. The summed E-state index contributed by atoms with van der Waals surface area (Å²) in [5.74, 6) is 3.16. The van der Waals surface area contributed by atoms with Crippen LogP contribution in [0.1, 0.15) is 11.5 Å². The molecule has 10 nitrogen and oxygen atoms in total. The fourth-order valence-corrected chi connectivity index (χ4v) is 5.00. The molecule has 0 saturated heterocycles. The summed E-state index contributed by atoms with van der Waals surface area (Å²) in [5.41, 5.74) is 1.98. The SMILES string of the molecule is COc1ccccc1Cn1c(SCc2nc(-c3cc(OC)c(OC)c(OC)c3)no2)nc2ccccc2c1=O. The van der Waals surface area contributed by atoms with Crippen molar-refractivity contribution in [3.8, 4) is 34.4 Å². The molecule has 0 fully saturated rings. The normalized spacial score (nSPS) is 11.0. The molecule has 0 aliphatic carbocycles. The second-order valence-corrected chi connectivity index (χ2v) is 9.27. The van der Waals surface area contributed by atoms with Gasteiger partial charge in [-0.15, -0.1) is 0 Å². The number of para-hydroxylation sites is 2. The molecule has 11 heteroatoms. The van der Waals surface area contributed by atoms with Gasteiger partial charge in [0.1, 0.15) is 5.75 Å². The quantitative estimate of drug-likeness (QED) is 0.179. The lowest BCUT2D eigenvalue weighted by molar-refractivity contribution is 0.324. The lowest BCUT2D eigenvalue weighted by atomic mass is 10.1. The number of rotatable bonds is 10. The zero-order valence-corrected chi connectivity index (χ0v) is 22.7. The zero-order chi connectivity index (χ0) is 27.4. The topological polar surface area (TPSA) is 111 Å². The van der Waals surface area contributed by atoms with Gasteiger partial charge in [-0.2, -0.15) is 4.98 Å². The predicted octanol–water partition coefficient (Wildman–Crippen LogP) is 4.82. The number of fused-ring (bicyclic) bond motifs is 1. The van der Waals surface area contributed by atoms with Crippen molar-refractivity contribution < 1.29 is 23.5 Å². The van der Waals surface area contributed by atoms with Gasteiger partial charge in [0.25, 0.3) is 5.56 Å². The van der Waals surface area contributed by atoms with Crippen molar-refractivity contribution in [2.45, 2.75) is 17.5 Å². The number of ether oxygens (including phenoxy) is 4. The van der Waals surface area contributed by atoms with E-state index in [9.17, 15) is 4.79 Å². The maximum Gasteiger partial charge on any atom is 0.262 e. The first-order valence-electron chi connectivity index (χ1n) is 11.9. The van der Waals surface area contributed by atoms with Gasteiger partial charge in [0.2, 0.25) is 17.5 Å². The standard InChI is InChI=1S/C28H26N4O6S/c1-34-21-12-8-5-9-17(21)15-32-27(33)19-10-6-7-11-20(19)29-28(32)39-16-24-30-26(31-38-24)18-13-22(35-2)25(37-4)23(14-18)36-3/h5-14H,15-16H2,1-4H3. The van der Waals surface area contributed by atoms with Crippen molar-refractivity contribution >= 4 is 22.7 Å². The van der Waals surface area contributed by atoms with E-state index in [2.05, 4.69) is 10.1 Å². The summed E-state index contributed by atoms with van der Waals surface area (Å²) in [5, 5.41) is 5.19. The molecule has 0 atom stereocenters. The summed E-state index contributed by atoms with van der Waals surface area (Å²) in [6, 6.07) is 18.4. The second kappa shape index (κ2) is 11.5. The average molecular weight is 547 g/mol. The molecule has 0 N–H and O–H groups in total. The van der Waals surface area contributed by atoms with Gasteiger partial charge in [0.05, 0.1) is 51.6 Å². The molecular formula is C28H26N4O6S. The molecule has 0 amide bonds. The Hall–Kier alpha value is -4.51. The van der Waals surface area contributed by atoms with Gasteiger partial charge in [-0.05, 0) is 30.3 Å². The lowest BCUT2D eigenvalue weighted by Gasteiger charge is -2.14. The molecule has 5 rings (SSSR count). The monoisotopic (exact) mass is 546 g/mol. The smallest absolute Gasteiger partial charge is 0.262 e. The Bertz CT molecular complexity index is 1660. The Labute approximate surface area is 228 Å². The van der Waals surface area contributed by atoms with Crippen molar-refractivity contribution in [3.63, 3.8) is 0 Å². The first kappa shape index (κ1) is 26.1. The average Bonchev–Trinajstić information content (AvgIpc) is 3.46. The van der Waals surface area contributed by atoms with Crippen LogP contribution in [0.2, 0.25) is 0 Å². The van der Waals surface area contributed by atoms with E-state index in [-0.39, 0.29) is 5.56 Å². The molecule has 0 bridgehead atoms. The minimum absolute atomic E-state index is 0.141. The van der Waals surface area contributed by atoms with Gasteiger partial charge in [0, 0.05) is 11.1 Å². The van der Waals surface area contributed by atoms with Crippen LogP contribution in [0.3, 0.4) is 0 Å². The van der Waals surface area contributed by atoms with Crippen molar-refractivity contribution in [2.24, 2.45) is 0 Å². The Balaban J connectivity index is 1.46. The van der Waals surface area contributed by atoms with Crippen LogP contribution in [0, 0.1) is 0 Å². The lowest BCUT2D eigenvalue weighted by Crippen LogP contribution is -2.24. The summed E-state index contributed by atoms with van der Waals surface area (Å²) in [6.45, 7) is 0.295. The van der Waals surface area contributed by atoms with Crippen molar-refractivity contribution in [1.82, 2.24) is 19.7 Å². The highest BCUT2D eigenvalue weighted by Gasteiger charge is 2.19. The largest absolute Gasteiger partial charge is 0.496 e. The summed E-state index contributed by atoms with van der Waals surface area (Å²) in [4.78, 5) is 22.8. The second-order valence-electron chi connectivity index (χ2n) is 8.33. The van der Waals surface area contributed by atoms with E-state index in [4.69, 9.17) is 28.5 Å². The van der Waals surface area contributed by atoms with Crippen molar-refractivity contribution in [1.29, 1.82) is 0 Å². The molecule has 5 aromatic rings. The fourth-order valence-electron chi connectivity index (χ4n) is 4.17. The summed E-state index contributed by atoms with van der Waals surface area (Å²) < 4.78 is 28.9. The van der Waals surface area contributed by atoms with E-state index >= 15 is 0 Å². The van der Waals surface area contributed by atoms with Crippen molar-refractivity contribution in [2.75, 3.05) is 28.4 Å². The zero-order valence-electron chi connectivity index (χ0n) is 21.8. The summed E-state index contributed by atoms with van der Waals surface area (Å²) in [7, 11) is 6.23. The Morgan fingerprint density at radius 2 is 1.54 bits per heavy atom. The predicted molar refractivity (Wildman–Crippen MR) is 147 cm³/mol. The van der Waals surface area contributed by atoms with Crippen LogP contribution < -0.4 is 24.5 Å². The van der Waals surface area contributed by atoms with Gasteiger partial charge >= 0.3 is 0 Å². The number of methoxy groups -OCH3 is 4. The molecule has 0 radical (unpaired) electrons. The van der Waals surface area contributed by atoms with E-state index < -0.39 is 0 Å². The van der Waals surface area contributed by atoms with Gasteiger partial charge in [0.15, 0.2) is 16.7 Å². The van der Waals surface area contributed by atoms with Gasteiger partial charge in [-0.3, -0.25) is 9.36 Å². The van der Waals surface area contributed by atoms with E-state index in [0.29, 0.717) is 68.6 Å². The van der Waals surface area contributed by atoms with E-state index in [0.717, 1.165) is 5.56 Å². The van der Waals surface area contributed by atoms with Crippen LogP contribution in [-0.2, 0) is 12.3 Å². The third-order valence-electron chi connectivity index (χ3n) is 6.06. The molecule has 2 heterocycles. The number of thioether (sulfide) groups is 1. The highest BCUT2D eigenvalue weighted by Crippen LogP contribution is 2.40. The third-order valence-corrected chi connectivity index (χ3v) is 7.02. The molecule has 39 heavy (non-hydrogen) atoms. The molecule has 0 unspecified atom stereocenters. The molecular weight excluding hydrogens is 520 g/mol. The number of benzene rings is 3. The summed E-state index contributed by atoms with van der Waals surface area (Å²) >= 11 is 1.34. The highest BCUT2D eigenvalue weighted by atomic mass is 32.2. The van der Waals surface area contributed by atoms with Crippen LogP contribution in [0.15, 0.2) is 75.1 Å². The Morgan fingerprint density at radius 3 is 2.26 bits per heavy atom. The Kier molecular flexibility index (Phi) is 7.69. The maximum atomic E-state index is 13.5. The Morgan fingerprint density at radius 1 is 0.846 bits per heavy atom.